The van der Waals surface area contributed by atoms with Gasteiger partial charge in [0.25, 0.3) is 5.91 Å². The Bertz CT molecular complexity index is 1120. The van der Waals surface area contributed by atoms with Crippen molar-refractivity contribution in [2.24, 2.45) is 0 Å². The van der Waals surface area contributed by atoms with Crippen molar-refractivity contribution in [1.29, 1.82) is 0 Å². The average Bonchev–Trinajstić information content (AvgIpc) is 3.04. The van der Waals surface area contributed by atoms with Crippen molar-refractivity contribution < 1.29 is 21.6 Å². The Morgan fingerprint density at radius 2 is 1.32 bits per heavy atom. The third kappa shape index (κ3) is 5.32. The predicted molar refractivity (Wildman–Crippen MR) is 119 cm³/mol. The Balaban J connectivity index is 1.70. The van der Waals surface area contributed by atoms with Crippen molar-refractivity contribution in [3.8, 4) is 0 Å². The number of carbonyl (C=O) groups excluding carboxylic acids is 1. The first-order valence-electron chi connectivity index (χ1n) is 10.1. The molecule has 3 rings (SSSR count). The van der Waals surface area contributed by atoms with E-state index in [1.165, 1.54) is 54.8 Å². The van der Waals surface area contributed by atoms with E-state index < -0.39 is 26.0 Å². The van der Waals surface area contributed by atoms with E-state index in [0.29, 0.717) is 24.3 Å². The van der Waals surface area contributed by atoms with Crippen LogP contribution >= 0.6 is 0 Å². The van der Waals surface area contributed by atoms with Crippen molar-refractivity contribution in [1.82, 2.24) is 8.61 Å². The van der Waals surface area contributed by atoms with Gasteiger partial charge in [0.2, 0.25) is 20.0 Å². The minimum Gasteiger partial charge on any atom is -0.322 e. The van der Waals surface area contributed by atoms with E-state index in [9.17, 15) is 21.6 Å². The molecule has 1 fully saturated rings. The van der Waals surface area contributed by atoms with Gasteiger partial charge in [-0.05, 0) is 61.4 Å². The van der Waals surface area contributed by atoms with E-state index in [0.717, 1.165) is 30.0 Å². The molecule has 0 saturated carbocycles. The first-order chi connectivity index (χ1) is 14.6. The predicted octanol–water partition coefficient (Wildman–Crippen LogP) is 2.75. The minimum absolute atomic E-state index is 0.0946. The molecule has 168 valence electrons. The summed E-state index contributed by atoms with van der Waals surface area (Å²) in [4.78, 5) is 12.8. The summed E-state index contributed by atoms with van der Waals surface area (Å²) in [5, 5.41) is 2.70. The first kappa shape index (κ1) is 23.4. The van der Waals surface area contributed by atoms with Crippen molar-refractivity contribution >= 4 is 31.6 Å². The summed E-state index contributed by atoms with van der Waals surface area (Å²) in [6, 6.07) is 11.7. The fourth-order valence-corrected chi connectivity index (χ4v) is 5.75. The van der Waals surface area contributed by atoms with Crippen LogP contribution < -0.4 is 5.32 Å². The van der Waals surface area contributed by atoms with E-state index in [2.05, 4.69) is 5.32 Å². The number of nitrogens with zero attached hydrogens (tertiary/aromatic N) is 2. The molecule has 2 aromatic carbocycles. The maximum Gasteiger partial charge on any atom is 0.255 e. The van der Waals surface area contributed by atoms with E-state index in [4.69, 9.17) is 0 Å². The van der Waals surface area contributed by atoms with Crippen LogP contribution in [0.4, 0.5) is 5.69 Å². The number of amides is 1. The van der Waals surface area contributed by atoms with Gasteiger partial charge in [-0.25, -0.2) is 21.1 Å². The molecule has 1 N–H and O–H groups in total. The second-order valence-corrected chi connectivity index (χ2v) is 11.7. The van der Waals surface area contributed by atoms with Gasteiger partial charge < -0.3 is 5.32 Å². The van der Waals surface area contributed by atoms with E-state index in [1.807, 2.05) is 0 Å². The van der Waals surface area contributed by atoms with Gasteiger partial charge in [0.15, 0.2) is 0 Å². The number of anilines is 1. The van der Waals surface area contributed by atoms with Gasteiger partial charge in [0.05, 0.1) is 9.79 Å². The molecule has 0 aromatic heterocycles. The fraction of sp³-hybridized carbons (Fsp3) is 0.381. The third-order valence-electron chi connectivity index (χ3n) is 5.21. The molecule has 31 heavy (non-hydrogen) atoms. The number of hydrogen-bond donors (Lipinski definition) is 1. The highest BCUT2D eigenvalue weighted by molar-refractivity contribution is 7.89. The van der Waals surface area contributed by atoms with Crippen LogP contribution in [0.3, 0.4) is 0 Å². The maximum atomic E-state index is 12.8. The normalized spacial score (nSPS) is 16.1. The minimum atomic E-state index is -3.57. The van der Waals surface area contributed by atoms with Crippen LogP contribution in [-0.4, -0.2) is 58.5 Å². The van der Waals surface area contributed by atoms with Crippen molar-refractivity contribution in [3.05, 3.63) is 54.1 Å². The van der Waals surface area contributed by atoms with Crippen LogP contribution in [0.5, 0.6) is 0 Å². The lowest BCUT2D eigenvalue weighted by atomic mass is 10.2. The highest BCUT2D eigenvalue weighted by Gasteiger charge is 2.25. The molecule has 0 radical (unpaired) electrons. The van der Waals surface area contributed by atoms with E-state index in [-0.39, 0.29) is 9.79 Å². The fourth-order valence-electron chi connectivity index (χ4n) is 3.33. The quantitative estimate of drug-likeness (QED) is 0.706. The number of rotatable bonds is 6. The van der Waals surface area contributed by atoms with Crippen LogP contribution in [-0.2, 0) is 20.0 Å². The molecular formula is C21H27N3O5S2. The SMILES string of the molecule is CN(C)S(=O)(=O)c1ccc(C(=O)Nc2ccc(S(=O)(=O)N3CCCCCC3)cc2)cc1. The van der Waals surface area contributed by atoms with Gasteiger partial charge in [0, 0.05) is 38.4 Å². The molecule has 1 amide bonds. The van der Waals surface area contributed by atoms with Gasteiger partial charge in [-0.3, -0.25) is 4.79 Å². The van der Waals surface area contributed by atoms with Gasteiger partial charge in [-0.2, -0.15) is 4.31 Å². The summed E-state index contributed by atoms with van der Waals surface area (Å²) in [5.41, 5.74) is 0.740. The average molecular weight is 466 g/mol. The smallest absolute Gasteiger partial charge is 0.255 e. The van der Waals surface area contributed by atoms with Gasteiger partial charge in [0.1, 0.15) is 0 Å². The lowest BCUT2D eigenvalue weighted by molar-refractivity contribution is 0.102. The molecule has 1 saturated heterocycles. The van der Waals surface area contributed by atoms with Gasteiger partial charge >= 0.3 is 0 Å². The summed E-state index contributed by atoms with van der Waals surface area (Å²) < 4.78 is 52.6. The van der Waals surface area contributed by atoms with Crippen LogP contribution in [0.15, 0.2) is 58.3 Å². The summed E-state index contributed by atoms with van der Waals surface area (Å²) in [6.45, 7) is 1.06. The Morgan fingerprint density at radius 3 is 1.84 bits per heavy atom. The molecule has 0 spiro atoms. The summed E-state index contributed by atoms with van der Waals surface area (Å²) in [5.74, 6) is -0.420. The molecule has 0 atom stereocenters. The number of nitrogens with one attached hydrogen (secondary N) is 1. The molecule has 2 aromatic rings. The largest absolute Gasteiger partial charge is 0.322 e. The molecule has 1 aliphatic heterocycles. The second kappa shape index (κ2) is 9.47. The zero-order chi connectivity index (χ0) is 22.6. The zero-order valence-electron chi connectivity index (χ0n) is 17.6. The molecule has 10 heteroatoms. The third-order valence-corrected chi connectivity index (χ3v) is 8.95. The van der Waals surface area contributed by atoms with Crippen molar-refractivity contribution in [2.45, 2.75) is 35.5 Å². The summed E-state index contributed by atoms with van der Waals surface area (Å²) in [6.07, 6.45) is 3.81. The maximum absolute atomic E-state index is 12.8. The number of hydrogen-bond acceptors (Lipinski definition) is 5. The monoisotopic (exact) mass is 465 g/mol. The standard InChI is InChI=1S/C21H27N3O5S2/c1-23(2)30(26,27)19-11-7-17(8-12-19)21(25)22-18-9-13-20(14-10-18)31(28,29)24-15-5-3-4-6-16-24/h7-14H,3-6,15-16H2,1-2H3,(H,22,25). The second-order valence-electron chi connectivity index (χ2n) is 7.61. The van der Waals surface area contributed by atoms with E-state index >= 15 is 0 Å². The molecular weight excluding hydrogens is 438 g/mol. The Kier molecular flexibility index (Phi) is 7.15. The highest BCUT2D eigenvalue weighted by atomic mass is 32.2. The van der Waals surface area contributed by atoms with E-state index in [1.54, 1.807) is 12.1 Å². The summed E-state index contributed by atoms with van der Waals surface area (Å²) in [7, 11) is -4.24. The van der Waals surface area contributed by atoms with Crippen molar-refractivity contribution in [3.63, 3.8) is 0 Å². The summed E-state index contributed by atoms with van der Waals surface area (Å²) >= 11 is 0. The number of benzene rings is 2. The van der Waals surface area contributed by atoms with Crippen LogP contribution in [0, 0.1) is 0 Å². The zero-order valence-corrected chi connectivity index (χ0v) is 19.2. The lowest BCUT2D eigenvalue weighted by Crippen LogP contribution is -2.31. The Hall–Kier alpha value is -2.27. The van der Waals surface area contributed by atoms with Crippen LogP contribution in [0.2, 0.25) is 0 Å². The number of sulfonamides is 2. The van der Waals surface area contributed by atoms with Gasteiger partial charge in [-0.15, -0.1) is 0 Å². The number of carbonyl (C=O) groups is 1. The van der Waals surface area contributed by atoms with Crippen molar-refractivity contribution in [2.75, 3.05) is 32.5 Å². The molecule has 0 aliphatic carbocycles. The Labute approximate surface area is 184 Å². The molecule has 8 nitrogen and oxygen atoms in total. The van der Waals surface area contributed by atoms with Crippen LogP contribution in [0.25, 0.3) is 0 Å². The van der Waals surface area contributed by atoms with Gasteiger partial charge in [-0.1, -0.05) is 12.8 Å². The molecule has 1 aliphatic rings. The molecule has 1 heterocycles. The molecule has 0 bridgehead atoms. The first-order valence-corrected chi connectivity index (χ1v) is 12.9. The highest BCUT2D eigenvalue weighted by Crippen LogP contribution is 2.22. The lowest BCUT2D eigenvalue weighted by Gasteiger charge is -2.20. The Morgan fingerprint density at radius 1 is 0.806 bits per heavy atom. The van der Waals surface area contributed by atoms with Crippen LogP contribution in [0.1, 0.15) is 36.0 Å². The topological polar surface area (TPSA) is 104 Å². The molecule has 0 unspecified atom stereocenters.